The Morgan fingerprint density at radius 1 is 1.08 bits per heavy atom. The highest BCUT2D eigenvalue weighted by Gasteiger charge is 2.28. The van der Waals surface area contributed by atoms with Gasteiger partial charge in [0.2, 0.25) is 0 Å². The standard InChI is InChI=1S/C26H23BrClFN4O3/c1-32(33(17-30)15-19-10-12-20(28)13-11-19)26(35)22(14-18-6-3-2-4-7-18)31-24(34)16-36-23-9-5-8-21(29)25(23)27/h2-13,22H,14-16H2,1H3,(H,31,34)/t22-/m0/s1. The van der Waals surface area contributed by atoms with Gasteiger partial charge in [0.25, 0.3) is 11.8 Å². The Balaban J connectivity index is 1.73. The lowest BCUT2D eigenvalue weighted by Gasteiger charge is -2.30. The van der Waals surface area contributed by atoms with Gasteiger partial charge >= 0.3 is 0 Å². The summed E-state index contributed by atoms with van der Waals surface area (Å²) in [6.45, 7) is -0.296. The molecule has 0 spiro atoms. The summed E-state index contributed by atoms with van der Waals surface area (Å²) < 4.78 is 19.2. The lowest BCUT2D eigenvalue weighted by atomic mass is 10.1. The number of ether oxygens (including phenoxy) is 1. The molecule has 3 rings (SSSR count). The predicted octanol–water partition coefficient (Wildman–Crippen LogP) is 4.70. The van der Waals surface area contributed by atoms with Crippen LogP contribution in [0, 0.1) is 17.3 Å². The lowest BCUT2D eigenvalue weighted by Crippen LogP contribution is -2.53. The van der Waals surface area contributed by atoms with Gasteiger partial charge in [-0.2, -0.15) is 5.26 Å². The van der Waals surface area contributed by atoms with Gasteiger partial charge in [0, 0.05) is 18.5 Å². The minimum Gasteiger partial charge on any atom is -0.482 e. The van der Waals surface area contributed by atoms with Gasteiger partial charge in [-0.25, -0.2) is 14.4 Å². The molecule has 0 aromatic heterocycles. The lowest BCUT2D eigenvalue weighted by molar-refractivity contribution is -0.146. The van der Waals surface area contributed by atoms with Gasteiger partial charge in [-0.3, -0.25) is 9.59 Å². The van der Waals surface area contributed by atoms with Crippen LogP contribution in [-0.2, 0) is 22.6 Å². The Bertz CT molecular complexity index is 1240. The molecule has 1 N–H and O–H groups in total. The molecule has 1 atom stereocenters. The second-order valence-electron chi connectivity index (χ2n) is 7.80. The molecule has 3 aromatic rings. The highest BCUT2D eigenvalue weighted by atomic mass is 79.9. The van der Waals surface area contributed by atoms with Gasteiger partial charge in [0.1, 0.15) is 17.6 Å². The third kappa shape index (κ3) is 7.44. The van der Waals surface area contributed by atoms with Gasteiger partial charge in [-0.15, -0.1) is 0 Å². The number of halogens is 3. The maximum absolute atomic E-state index is 13.7. The molecule has 36 heavy (non-hydrogen) atoms. The predicted molar refractivity (Wildman–Crippen MR) is 137 cm³/mol. The van der Waals surface area contributed by atoms with Crippen LogP contribution in [-0.4, -0.2) is 41.5 Å². The summed E-state index contributed by atoms with van der Waals surface area (Å²) in [5.41, 5.74) is 1.60. The Kier molecular flexibility index (Phi) is 9.68. The molecule has 0 saturated heterocycles. The van der Waals surface area contributed by atoms with Crippen LogP contribution < -0.4 is 10.1 Å². The van der Waals surface area contributed by atoms with Crippen molar-refractivity contribution in [3.63, 3.8) is 0 Å². The third-order valence-corrected chi connectivity index (χ3v) is 6.25. The van der Waals surface area contributed by atoms with Crippen molar-refractivity contribution in [3.8, 4) is 11.9 Å². The number of nitriles is 1. The van der Waals surface area contributed by atoms with Crippen LogP contribution in [0.3, 0.4) is 0 Å². The monoisotopic (exact) mass is 572 g/mol. The van der Waals surface area contributed by atoms with Crippen molar-refractivity contribution in [2.45, 2.75) is 19.0 Å². The van der Waals surface area contributed by atoms with Crippen molar-refractivity contribution < 1.29 is 18.7 Å². The number of nitrogens with one attached hydrogen (secondary N) is 1. The number of hydrogen-bond acceptors (Lipinski definition) is 5. The van der Waals surface area contributed by atoms with Crippen molar-refractivity contribution >= 4 is 39.3 Å². The highest BCUT2D eigenvalue weighted by Crippen LogP contribution is 2.27. The average molecular weight is 574 g/mol. The number of benzene rings is 3. The largest absolute Gasteiger partial charge is 0.482 e. The topological polar surface area (TPSA) is 85.7 Å². The van der Waals surface area contributed by atoms with Crippen LogP contribution in [0.2, 0.25) is 5.02 Å². The fourth-order valence-corrected chi connectivity index (χ4v) is 3.85. The van der Waals surface area contributed by atoms with Crippen molar-refractivity contribution in [1.82, 2.24) is 15.3 Å². The maximum atomic E-state index is 13.7. The first kappa shape index (κ1) is 27.0. The fourth-order valence-electron chi connectivity index (χ4n) is 3.34. The molecule has 10 heteroatoms. The van der Waals surface area contributed by atoms with Crippen molar-refractivity contribution in [1.29, 1.82) is 5.26 Å². The van der Waals surface area contributed by atoms with Crippen molar-refractivity contribution in [2.75, 3.05) is 13.7 Å². The minimum atomic E-state index is -0.981. The molecule has 186 valence electrons. The van der Waals surface area contributed by atoms with Crippen molar-refractivity contribution in [3.05, 3.63) is 99.2 Å². The summed E-state index contributed by atoms with van der Waals surface area (Å²) in [5.74, 6) is -1.43. The summed E-state index contributed by atoms with van der Waals surface area (Å²) in [4.78, 5) is 26.1. The van der Waals surface area contributed by atoms with E-state index in [1.54, 1.807) is 24.3 Å². The van der Waals surface area contributed by atoms with E-state index in [2.05, 4.69) is 21.2 Å². The zero-order valence-electron chi connectivity index (χ0n) is 19.3. The van der Waals surface area contributed by atoms with E-state index in [4.69, 9.17) is 16.3 Å². The summed E-state index contributed by atoms with van der Waals surface area (Å²) >= 11 is 9.02. The molecule has 0 aliphatic rings. The summed E-state index contributed by atoms with van der Waals surface area (Å²) in [6.07, 6.45) is 2.20. The molecule has 0 saturated carbocycles. The smallest absolute Gasteiger partial charge is 0.264 e. The quantitative estimate of drug-likeness (QED) is 0.216. The van der Waals surface area contributed by atoms with Crippen LogP contribution in [0.15, 0.2) is 77.3 Å². The summed E-state index contributed by atoms with van der Waals surface area (Å²) in [6, 6.07) is 19.3. The Labute approximate surface area is 222 Å². The first-order valence-corrected chi connectivity index (χ1v) is 12.0. The van der Waals surface area contributed by atoms with Crippen molar-refractivity contribution in [2.24, 2.45) is 0 Å². The maximum Gasteiger partial charge on any atom is 0.264 e. The van der Waals surface area contributed by atoms with E-state index in [0.29, 0.717) is 5.02 Å². The first-order chi connectivity index (χ1) is 17.3. The van der Waals surface area contributed by atoms with E-state index >= 15 is 0 Å². The number of rotatable bonds is 10. The van der Waals surface area contributed by atoms with E-state index in [0.717, 1.165) is 11.1 Å². The van der Waals surface area contributed by atoms with E-state index in [9.17, 15) is 19.2 Å². The number of nitrogens with zero attached hydrogens (tertiary/aromatic N) is 3. The molecule has 0 aliphatic carbocycles. The van der Waals surface area contributed by atoms with Gasteiger partial charge in [0.15, 0.2) is 12.8 Å². The molecule has 0 fully saturated rings. The third-order valence-electron chi connectivity index (χ3n) is 5.23. The molecule has 3 aromatic carbocycles. The van der Waals surface area contributed by atoms with Crippen LogP contribution >= 0.6 is 27.5 Å². The van der Waals surface area contributed by atoms with Gasteiger partial charge < -0.3 is 10.1 Å². The Hall–Kier alpha value is -3.61. The average Bonchev–Trinajstić information content (AvgIpc) is 2.88. The van der Waals surface area contributed by atoms with Crippen LogP contribution in [0.1, 0.15) is 11.1 Å². The van der Waals surface area contributed by atoms with Crippen LogP contribution in [0.4, 0.5) is 4.39 Å². The van der Waals surface area contributed by atoms with Gasteiger partial charge in [-0.05, 0) is 51.3 Å². The number of likely N-dealkylation sites (N-methyl/N-ethyl adjacent to an activating group) is 1. The molecule has 0 bridgehead atoms. The van der Waals surface area contributed by atoms with Gasteiger partial charge in [0.05, 0.1) is 11.0 Å². The summed E-state index contributed by atoms with van der Waals surface area (Å²) in [5, 5.41) is 15.3. The van der Waals surface area contributed by atoms with Crippen LogP contribution in [0.25, 0.3) is 0 Å². The van der Waals surface area contributed by atoms with Crippen LogP contribution in [0.5, 0.6) is 5.75 Å². The SMILES string of the molecule is CN(C(=O)[C@H](Cc1ccccc1)NC(=O)COc1cccc(F)c1Br)N(C#N)Cc1ccc(Cl)cc1. The second-order valence-corrected chi connectivity index (χ2v) is 9.03. The Morgan fingerprint density at radius 3 is 2.44 bits per heavy atom. The normalized spacial score (nSPS) is 11.2. The van der Waals surface area contributed by atoms with Gasteiger partial charge in [-0.1, -0.05) is 60.1 Å². The molecule has 0 aliphatic heterocycles. The van der Waals surface area contributed by atoms with E-state index < -0.39 is 30.3 Å². The number of carbonyl (C=O) groups is 2. The zero-order valence-corrected chi connectivity index (χ0v) is 21.7. The minimum absolute atomic E-state index is 0.0984. The molecule has 0 unspecified atom stereocenters. The molecular formula is C26H23BrClFN4O3. The highest BCUT2D eigenvalue weighted by molar-refractivity contribution is 9.10. The molecule has 7 nitrogen and oxygen atoms in total. The Morgan fingerprint density at radius 2 is 1.78 bits per heavy atom. The molecule has 0 radical (unpaired) electrons. The fraction of sp³-hybridized carbons (Fsp3) is 0.192. The summed E-state index contributed by atoms with van der Waals surface area (Å²) in [7, 11) is 1.46. The van der Waals surface area contributed by atoms with E-state index in [1.165, 1.54) is 35.3 Å². The molecule has 2 amide bonds. The van der Waals surface area contributed by atoms with E-state index in [1.807, 2.05) is 36.5 Å². The molecule has 0 heterocycles. The first-order valence-electron chi connectivity index (χ1n) is 10.9. The number of hydrazine groups is 1. The molecular weight excluding hydrogens is 551 g/mol. The number of hydrogen-bond donors (Lipinski definition) is 1. The number of amides is 2. The number of carbonyl (C=O) groups excluding carboxylic acids is 2. The zero-order chi connectivity index (χ0) is 26.1. The van der Waals surface area contributed by atoms with E-state index in [-0.39, 0.29) is 23.2 Å². The second kappa shape index (κ2) is 12.9.